The van der Waals surface area contributed by atoms with E-state index >= 15 is 0 Å². The van der Waals surface area contributed by atoms with Gasteiger partial charge in [-0.2, -0.15) is 5.10 Å². The zero-order valence-electron chi connectivity index (χ0n) is 11.6. The van der Waals surface area contributed by atoms with E-state index in [0.29, 0.717) is 21.2 Å². The van der Waals surface area contributed by atoms with Crippen molar-refractivity contribution in [3.63, 3.8) is 0 Å². The molecule has 3 aromatic rings. The normalized spacial score (nSPS) is 10.9. The van der Waals surface area contributed by atoms with E-state index < -0.39 is 0 Å². The predicted octanol–water partition coefficient (Wildman–Crippen LogP) is 4.36. The molecular weight excluding hydrogens is 486 g/mol. The number of H-pyrrole nitrogens is 1. The Morgan fingerprint density at radius 1 is 1.52 bits per heavy atom. The highest BCUT2D eigenvalue weighted by atomic mass is 79.9. The third-order valence-electron chi connectivity index (χ3n) is 2.95. The summed E-state index contributed by atoms with van der Waals surface area (Å²) < 4.78 is 4.11. The SMILES string of the molecule is Cn1c(Cc2csc(NC(=O)c3cc(Br)c(Br)s3)n2)n[nH]c1=S. The fraction of sp³-hybridized carbons (Fsp3) is 0.167. The van der Waals surface area contributed by atoms with Crippen LogP contribution in [0.5, 0.6) is 0 Å². The molecular formula is C12H9Br2N5OS3. The van der Waals surface area contributed by atoms with Gasteiger partial charge < -0.3 is 4.57 Å². The largest absolute Gasteiger partial charge is 0.307 e. The molecule has 0 atom stereocenters. The van der Waals surface area contributed by atoms with Crippen LogP contribution in [0.2, 0.25) is 0 Å². The zero-order chi connectivity index (χ0) is 16.6. The number of aromatic nitrogens is 4. The van der Waals surface area contributed by atoms with E-state index in [2.05, 4.69) is 52.4 Å². The van der Waals surface area contributed by atoms with E-state index in [1.165, 1.54) is 22.7 Å². The van der Waals surface area contributed by atoms with Gasteiger partial charge in [0.15, 0.2) is 9.90 Å². The lowest BCUT2D eigenvalue weighted by Gasteiger charge is -1.98. The van der Waals surface area contributed by atoms with Crippen molar-refractivity contribution < 1.29 is 4.79 Å². The first-order chi connectivity index (χ1) is 10.9. The van der Waals surface area contributed by atoms with Gasteiger partial charge >= 0.3 is 0 Å². The topological polar surface area (TPSA) is 75.6 Å². The van der Waals surface area contributed by atoms with Gasteiger partial charge in [-0.15, -0.1) is 22.7 Å². The lowest BCUT2D eigenvalue weighted by atomic mass is 10.3. The van der Waals surface area contributed by atoms with Gasteiger partial charge in [-0.1, -0.05) is 0 Å². The van der Waals surface area contributed by atoms with Crippen molar-refractivity contribution in [3.8, 4) is 0 Å². The molecule has 0 bridgehead atoms. The highest BCUT2D eigenvalue weighted by Crippen LogP contribution is 2.32. The quantitative estimate of drug-likeness (QED) is 0.528. The van der Waals surface area contributed by atoms with E-state index in [4.69, 9.17) is 12.2 Å². The molecule has 0 saturated heterocycles. The molecule has 0 aromatic carbocycles. The molecule has 2 N–H and O–H groups in total. The first-order valence-electron chi connectivity index (χ1n) is 6.25. The molecule has 0 saturated carbocycles. The molecule has 3 heterocycles. The number of thiophene rings is 1. The Balaban J connectivity index is 1.71. The van der Waals surface area contributed by atoms with Gasteiger partial charge in [-0.3, -0.25) is 15.2 Å². The Kier molecular flexibility index (Phi) is 5.11. The molecule has 0 unspecified atom stereocenters. The van der Waals surface area contributed by atoms with E-state index in [0.717, 1.165) is 19.8 Å². The molecule has 120 valence electrons. The Morgan fingerprint density at radius 3 is 2.91 bits per heavy atom. The molecule has 1 amide bonds. The van der Waals surface area contributed by atoms with Gasteiger partial charge in [0.05, 0.1) is 20.8 Å². The summed E-state index contributed by atoms with van der Waals surface area (Å²) in [5.74, 6) is 0.616. The number of aromatic amines is 1. The highest BCUT2D eigenvalue weighted by Gasteiger charge is 2.14. The maximum absolute atomic E-state index is 12.2. The van der Waals surface area contributed by atoms with Crippen LogP contribution >= 0.6 is 66.8 Å². The second-order valence-electron chi connectivity index (χ2n) is 4.51. The van der Waals surface area contributed by atoms with Crippen molar-refractivity contribution in [2.24, 2.45) is 7.05 Å². The van der Waals surface area contributed by atoms with E-state index in [1.807, 2.05) is 12.4 Å². The van der Waals surface area contributed by atoms with Crippen LogP contribution in [0, 0.1) is 4.77 Å². The van der Waals surface area contributed by atoms with Crippen LogP contribution in [0.4, 0.5) is 5.13 Å². The lowest BCUT2D eigenvalue weighted by molar-refractivity contribution is 0.103. The lowest BCUT2D eigenvalue weighted by Crippen LogP contribution is -2.10. The number of rotatable bonds is 4. The molecule has 0 aliphatic heterocycles. The van der Waals surface area contributed by atoms with Gasteiger partial charge in [0.1, 0.15) is 5.82 Å². The minimum Gasteiger partial charge on any atom is -0.307 e. The van der Waals surface area contributed by atoms with Gasteiger partial charge in [-0.05, 0) is 50.1 Å². The van der Waals surface area contributed by atoms with Gasteiger partial charge in [-0.25, -0.2) is 4.98 Å². The first kappa shape index (κ1) is 17.0. The summed E-state index contributed by atoms with van der Waals surface area (Å²) in [5, 5.41) is 12.2. The number of nitrogens with zero attached hydrogens (tertiary/aromatic N) is 3. The fourth-order valence-electron chi connectivity index (χ4n) is 1.76. The van der Waals surface area contributed by atoms with E-state index in [1.54, 1.807) is 10.6 Å². The monoisotopic (exact) mass is 493 g/mol. The first-order valence-corrected chi connectivity index (χ1v) is 9.94. The maximum Gasteiger partial charge on any atom is 0.267 e. The van der Waals surface area contributed by atoms with E-state index in [-0.39, 0.29) is 5.91 Å². The average molecular weight is 495 g/mol. The van der Waals surface area contributed by atoms with E-state index in [9.17, 15) is 4.79 Å². The van der Waals surface area contributed by atoms with Crippen molar-refractivity contribution in [2.45, 2.75) is 6.42 Å². The molecule has 6 nitrogen and oxygen atoms in total. The van der Waals surface area contributed by atoms with Crippen LogP contribution in [-0.2, 0) is 13.5 Å². The molecule has 0 aliphatic rings. The molecule has 0 fully saturated rings. The molecule has 3 rings (SSSR count). The Labute approximate surface area is 161 Å². The second-order valence-corrected chi connectivity index (χ2v) is 8.98. The summed E-state index contributed by atoms with van der Waals surface area (Å²) in [7, 11) is 1.85. The summed E-state index contributed by atoms with van der Waals surface area (Å²) in [6, 6.07) is 1.77. The fourth-order valence-corrected chi connectivity index (χ4v) is 4.55. The number of carbonyl (C=O) groups is 1. The Morgan fingerprint density at radius 2 is 2.30 bits per heavy atom. The molecule has 23 heavy (non-hydrogen) atoms. The van der Waals surface area contributed by atoms with Gasteiger partial charge in [0.2, 0.25) is 0 Å². The number of carbonyl (C=O) groups excluding carboxylic acids is 1. The van der Waals surface area contributed by atoms with Gasteiger partial charge in [0.25, 0.3) is 5.91 Å². The van der Waals surface area contributed by atoms with Crippen molar-refractivity contribution >= 4 is 77.8 Å². The third kappa shape index (κ3) is 3.79. The number of thiazole rings is 1. The molecule has 0 spiro atoms. The van der Waals surface area contributed by atoms with Gasteiger partial charge in [0, 0.05) is 16.9 Å². The van der Waals surface area contributed by atoms with Crippen LogP contribution in [-0.4, -0.2) is 25.7 Å². The van der Waals surface area contributed by atoms with Crippen molar-refractivity contribution in [1.82, 2.24) is 19.7 Å². The number of amides is 1. The minimum atomic E-state index is -0.180. The summed E-state index contributed by atoms with van der Waals surface area (Å²) >= 11 is 14.6. The van der Waals surface area contributed by atoms with Crippen molar-refractivity contribution in [1.29, 1.82) is 0 Å². The van der Waals surface area contributed by atoms with Crippen LogP contribution in [0.15, 0.2) is 19.7 Å². The van der Waals surface area contributed by atoms with Crippen molar-refractivity contribution in [3.05, 3.63) is 40.9 Å². The predicted molar refractivity (Wildman–Crippen MR) is 101 cm³/mol. The molecule has 3 aromatic heterocycles. The summed E-state index contributed by atoms with van der Waals surface area (Å²) in [4.78, 5) is 17.2. The number of hydrogen-bond donors (Lipinski definition) is 2. The zero-order valence-corrected chi connectivity index (χ0v) is 17.2. The smallest absolute Gasteiger partial charge is 0.267 e. The van der Waals surface area contributed by atoms with Crippen LogP contribution in [0.25, 0.3) is 0 Å². The second kappa shape index (κ2) is 6.93. The summed E-state index contributed by atoms with van der Waals surface area (Å²) in [6.45, 7) is 0. The standard InChI is InChI=1S/C12H9Br2N5OS3/c1-19-8(17-18-12(19)21)2-5-4-22-11(15-5)16-10(20)7-3-6(13)9(14)23-7/h3-4H,2H2,1H3,(H,18,21)(H,15,16,20). The van der Waals surface area contributed by atoms with Crippen molar-refractivity contribution in [2.75, 3.05) is 5.32 Å². The summed E-state index contributed by atoms with van der Waals surface area (Å²) in [6.07, 6.45) is 0.548. The van der Waals surface area contributed by atoms with Crippen LogP contribution in [0.3, 0.4) is 0 Å². The molecule has 0 radical (unpaired) electrons. The highest BCUT2D eigenvalue weighted by molar-refractivity contribution is 9.13. The number of halogens is 2. The Hall–Kier alpha value is -0.880. The molecule has 11 heteroatoms. The minimum absolute atomic E-state index is 0.180. The number of nitrogens with one attached hydrogen (secondary N) is 2. The maximum atomic E-state index is 12.2. The summed E-state index contributed by atoms with van der Waals surface area (Å²) in [5.41, 5.74) is 0.830. The molecule has 0 aliphatic carbocycles. The van der Waals surface area contributed by atoms with Crippen LogP contribution in [0.1, 0.15) is 21.2 Å². The number of anilines is 1. The number of hydrogen-bond acceptors (Lipinski definition) is 6. The Bertz CT molecular complexity index is 906. The van der Waals surface area contributed by atoms with Crippen LogP contribution < -0.4 is 5.32 Å². The third-order valence-corrected chi connectivity index (χ3v) is 7.38. The average Bonchev–Trinajstić information content (AvgIpc) is 3.17.